The minimum atomic E-state index is -4.38. The zero-order valence-electron chi connectivity index (χ0n) is 11.6. The minimum absolute atomic E-state index is 0. The van der Waals surface area contributed by atoms with E-state index in [1.165, 1.54) is 6.07 Å². The van der Waals surface area contributed by atoms with Crippen molar-refractivity contribution in [3.05, 3.63) is 35.4 Å². The normalized spacial score (nSPS) is 16.0. The Labute approximate surface area is 127 Å². The van der Waals surface area contributed by atoms with Crippen LogP contribution < -0.4 is 10.6 Å². The molecule has 0 heterocycles. The van der Waals surface area contributed by atoms with Crippen LogP contribution in [0.25, 0.3) is 0 Å². The molecule has 0 unspecified atom stereocenters. The summed E-state index contributed by atoms with van der Waals surface area (Å²) in [5.41, 5.74) is -1.02. The highest BCUT2D eigenvalue weighted by atomic mass is 35.5. The molecule has 0 saturated heterocycles. The lowest BCUT2D eigenvalue weighted by Crippen LogP contribution is -2.38. The second-order valence-electron chi connectivity index (χ2n) is 5.02. The molecule has 0 radical (unpaired) electrons. The zero-order valence-corrected chi connectivity index (χ0v) is 12.4. The third-order valence-electron chi connectivity index (χ3n) is 3.59. The highest BCUT2D eigenvalue weighted by Gasteiger charge is 2.51. The van der Waals surface area contributed by atoms with Gasteiger partial charge >= 0.3 is 6.18 Å². The molecule has 7 heteroatoms. The molecule has 1 aromatic rings. The van der Waals surface area contributed by atoms with Gasteiger partial charge in [0.15, 0.2) is 0 Å². The smallest absolute Gasteiger partial charge is 0.354 e. The summed E-state index contributed by atoms with van der Waals surface area (Å²) in [5, 5.41) is 5.66. The van der Waals surface area contributed by atoms with E-state index in [0.717, 1.165) is 12.1 Å². The third-order valence-corrected chi connectivity index (χ3v) is 3.59. The van der Waals surface area contributed by atoms with Crippen LogP contribution in [0, 0.1) is 0 Å². The molecule has 21 heavy (non-hydrogen) atoms. The molecule has 0 atom stereocenters. The lowest BCUT2D eigenvalue weighted by molar-refractivity contribution is -0.137. The number of benzene rings is 1. The van der Waals surface area contributed by atoms with Crippen LogP contribution in [0.15, 0.2) is 24.3 Å². The Bertz CT molecular complexity index is 501. The van der Waals surface area contributed by atoms with Gasteiger partial charge in [-0.2, -0.15) is 13.2 Å². The van der Waals surface area contributed by atoms with Gasteiger partial charge in [-0.05, 0) is 31.5 Å². The fourth-order valence-corrected chi connectivity index (χ4v) is 2.24. The Balaban J connectivity index is 0.00000220. The summed E-state index contributed by atoms with van der Waals surface area (Å²) in [6, 6.07) is 5.07. The van der Waals surface area contributed by atoms with Gasteiger partial charge in [-0.3, -0.25) is 4.79 Å². The Hall–Kier alpha value is -1.27. The minimum Gasteiger partial charge on any atom is -0.354 e. The van der Waals surface area contributed by atoms with Gasteiger partial charge in [-0.1, -0.05) is 18.2 Å². The van der Waals surface area contributed by atoms with Crippen molar-refractivity contribution in [2.45, 2.75) is 24.4 Å². The van der Waals surface area contributed by atoms with Crippen molar-refractivity contribution in [1.82, 2.24) is 10.6 Å². The standard InChI is InChI=1S/C14H17F3N2O.ClH/c1-18-7-8-19-12(20)13(5-6-13)10-3-2-4-11(9-10)14(15,16)17;/h2-4,9,18H,5-8H2,1H3,(H,19,20);1H. The van der Waals surface area contributed by atoms with Crippen molar-refractivity contribution in [3.8, 4) is 0 Å². The molecule has 1 aliphatic carbocycles. The first-order valence-corrected chi connectivity index (χ1v) is 6.51. The van der Waals surface area contributed by atoms with Gasteiger partial charge in [0, 0.05) is 13.1 Å². The van der Waals surface area contributed by atoms with E-state index >= 15 is 0 Å². The lowest BCUT2D eigenvalue weighted by Gasteiger charge is -2.17. The van der Waals surface area contributed by atoms with Gasteiger partial charge in [-0.25, -0.2) is 0 Å². The SMILES string of the molecule is CNCCNC(=O)C1(c2cccc(C(F)(F)F)c2)CC1.Cl. The molecule has 0 spiro atoms. The van der Waals surface area contributed by atoms with Crippen molar-refractivity contribution >= 4 is 18.3 Å². The van der Waals surface area contributed by atoms with E-state index in [0.29, 0.717) is 31.5 Å². The van der Waals surface area contributed by atoms with Crippen molar-refractivity contribution in [2.24, 2.45) is 0 Å². The Morgan fingerprint density at radius 1 is 1.29 bits per heavy atom. The number of rotatable bonds is 5. The summed E-state index contributed by atoms with van der Waals surface area (Å²) in [4.78, 5) is 12.1. The second-order valence-corrected chi connectivity index (χ2v) is 5.02. The van der Waals surface area contributed by atoms with Crippen molar-refractivity contribution in [1.29, 1.82) is 0 Å². The van der Waals surface area contributed by atoms with Crippen LogP contribution in [-0.2, 0) is 16.4 Å². The average Bonchev–Trinajstić information content (AvgIpc) is 3.19. The summed E-state index contributed by atoms with van der Waals surface area (Å²) < 4.78 is 38.2. The van der Waals surface area contributed by atoms with Crippen molar-refractivity contribution < 1.29 is 18.0 Å². The van der Waals surface area contributed by atoms with Gasteiger partial charge in [-0.15, -0.1) is 12.4 Å². The van der Waals surface area contributed by atoms with Gasteiger partial charge in [0.2, 0.25) is 5.91 Å². The molecule has 1 aromatic carbocycles. The predicted molar refractivity (Wildman–Crippen MR) is 76.5 cm³/mol. The van der Waals surface area contributed by atoms with Gasteiger partial charge in [0.1, 0.15) is 0 Å². The summed E-state index contributed by atoms with van der Waals surface area (Å²) in [6.45, 7) is 1.10. The van der Waals surface area contributed by atoms with E-state index < -0.39 is 17.2 Å². The molecule has 0 aromatic heterocycles. The number of halogens is 4. The Kier molecular flexibility index (Phi) is 5.64. The summed E-state index contributed by atoms with van der Waals surface area (Å²) in [6.07, 6.45) is -3.19. The van der Waals surface area contributed by atoms with E-state index in [4.69, 9.17) is 0 Å². The van der Waals surface area contributed by atoms with Gasteiger partial charge in [0.05, 0.1) is 11.0 Å². The number of nitrogens with one attached hydrogen (secondary N) is 2. The predicted octanol–water partition coefficient (Wildman–Crippen LogP) is 2.49. The number of carbonyl (C=O) groups is 1. The second kappa shape index (κ2) is 6.66. The molecule has 1 saturated carbocycles. The highest BCUT2D eigenvalue weighted by Crippen LogP contribution is 2.49. The van der Waals surface area contributed by atoms with E-state index in [2.05, 4.69) is 10.6 Å². The van der Waals surface area contributed by atoms with Crippen LogP contribution in [0.4, 0.5) is 13.2 Å². The van der Waals surface area contributed by atoms with Crippen LogP contribution in [-0.4, -0.2) is 26.0 Å². The molecule has 0 aliphatic heterocycles. The maximum Gasteiger partial charge on any atom is 0.416 e. The number of carbonyl (C=O) groups excluding carboxylic acids is 1. The van der Waals surface area contributed by atoms with Crippen molar-refractivity contribution in [3.63, 3.8) is 0 Å². The van der Waals surface area contributed by atoms with E-state index in [9.17, 15) is 18.0 Å². The summed E-state index contributed by atoms with van der Waals surface area (Å²) >= 11 is 0. The van der Waals surface area contributed by atoms with Crippen LogP contribution in [0.1, 0.15) is 24.0 Å². The first kappa shape index (κ1) is 17.8. The van der Waals surface area contributed by atoms with Crippen LogP contribution >= 0.6 is 12.4 Å². The first-order valence-electron chi connectivity index (χ1n) is 6.51. The average molecular weight is 323 g/mol. The Morgan fingerprint density at radius 2 is 1.95 bits per heavy atom. The Morgan fingerprint density at radius 3 is 2.48 bits per heavy atom. The number of hydrogen-bond donors (Lipinski definition) is 2. The number of likely N-dealkylation sites (N-methyl/N-ethyl adjacent to an activating group) is 1. The van der Waals surface area contributed by atoms with Gasteiger partial charge in [0.25, 0.3) is 0 Å². The largest absolute Gasteiger partial charge is 0.416 e. The molecule has 2 N–H and O–H groups in total. The summed E-state index contributed by atoms with van der Waals surface area (Å²) in [7, 11) is 1.77. The molecular formula is C14H18ClF3N2O. The molecule has 0 bridgehead atoms. The van der Waals surface area contributed by atoms with Crippen LogP contribution in [0.3, 0.4) is 0 Å². The van der Waals surface area contributed by atoms with Crippen LogP contribution in [0.5, 0.6) is 0 Å². The molecule has 118 valence electrons. The summed E-state index contributed by atoms with van der Waals surface area (Å²) in [5.74, 6) is -0.188. The van der Waals surface area contributed by atoms with E-state index in [-0.39, 0.29) is 18.3 Å². The fourth-order valence-electron chi connectivity index (χ4n) is 2.24. The number of alkyl halides is 3. The molecule has 1 amide bonds. The topological polar surface area (TPSA) is 41.1 Å². The number of amides is 1. The highest BCUT2D eigenvalue weighted by molar-refractivity contribution is 5.91. The number of hydrogen-bond acceptors (Lipinski definition) is 2. The van der Waals surface area contributed by atoms with Crippen LogP contribution in [0.2, 0.25) is 0 Å². The zero-order chi connectivity index (χ0) is 14.8. The maximum atomic E-state index is 12.7. The molecule has 2 rings (SSSR count). The first-order chi connectivity index (χ1) is 9.40. The van der Waals surface area contributed by atoms with Gasteiger partial charge < -0.3 is 10.6 Å². The monoisotopic (exact) mass is 322 g/mol. The molecular weight excluding hydrogens is 305 g/mol. The maximum absolute atomic E-state index is 12.7. The molecule has 3 nitrogen and oxygen atoms in total. The molecule has 1 aliphatic rings. The lowest BCUT2D eigenvalue weighted by atomic mass is 9.93. The van der Waals surface area contributed by atoms with Crippen molar-refractivity contribution in [2.75, 3.05) is 20.1 Å². The van der Waals surface area contributed by atoms with E-state index in [1.54, 1.807) is 13.1 Å². The fraction of sp³-hybridized carbons (Fsp3) is 0.500. The third kappa shape index (κ3) is 3.89. The quantitative estimate of drug-likeness (QED) is 0.818. The molecule has 1 fully saturated rings. The van der Waals surface area contributed by atoms with E-state index in [1.807, 2.05) is 0 Å².